The van der Waals surface area contributed by atoms with Crippen LogP contribution in [0.4, 0.5) is 5.69 Å². The van der Waals surface area contributed by atoms with Gasteiger partial charge < -0.3 is 35.9 Å². The Kier molecular flexibility index (Phi) is 13.5. The van der Waals surface area contributed by atoms with Gasteiger partial charge in [-0.05, 0) is 52.3 Å². The number of Topliss-reactive ketones (excluding diaryl/α,β-unsaturated/α-hetero) is 2. The van der Waals surface area contributed by atoms with Gasteiger partial charge in [-0.1, -0.05) is 0 Å². The molecule has 0 fully saturated rings. The Labute approximate surface area is 257 Å². The number of carboxylic acid groups (broad SMARTS) is 2. The molecule has 1 aromatic carbocycles. The van der Waals surface area contributed by atoms with Crippen LogP contribution in [-0.4, -0.2) is 83.0 Å². The second-order valence-corrected chi connectivity index (χ2v) is 11.2. The third-order valence-corrected chi connectivity index (χ3v) is 8.28. The summed E-state index contributed by atoms with van der Waals surface area (Å²) in [5, 5.41) is 21.9. The first kappa shape index (κ1) is 36.0. The first-order valence-electron chi connectivity index (χ1n) is 13.9. The molecule has 2 aromatic rings. The average Bonchev–Trinajstić information content (AvgIpc) is 2.95. The third-order valence-electron chi connectivity index (χ3n) is 6.87. The van der Waals surface area contributed by atoms with E-state index in [1.165, 1.54) is 19.9 Å². The number of benzene rings is 1. The van der Waals surface area contributed by atoms with Gasteiger partial charge in [-0.25, -0.2) is 4.79 Å². The summed E-state index contributed by atoms with van der Waals surface area (Å²) in [7, 11) is 0. The van der Waals surface area contributed by atoms with E-state index in [-0.39, 0.29) is 24.2 Å². The van der Waals surface area contributed by atoms with Gasteiger partial charge in [0.2, 0.25) is 11.8 Å². The van der Waals surface area contributed by atoms with Crippen LogP contribution in [0.15, 0.2) is 33.5 Å². The van der Waals surface area contributed by atoms with Gasteiger partial charge in [0, 0.05) is 42.4 Å². The quantitative estimate of drug-likeness (QED) is 0.114. The summed E-state index contributed by atoms with van der Waals surface area (Å²) >= 11 is 0.868. The van der Waals surface area contributed by atoms with Crippen LogP contribution in [0.1, 0.15) is 51.3 Å². The van der Waals surface area contributed by atoms with Gasteiger partial charge in [0.1, 0.15) is 35.8 Å². The summed E-state index contributed by atoms with van der Waals surface area (Å²) in [6, 6.07) is 4.15. The van der Waals surface area contributed by atoms with Gasteiger partial charge in [-0.2, -0.15) is 0 Å². The Hall–Kier alpha value is -4.24. The predicted octanol–water partition coefficient (Wildman–Crippen LogP) is 1.09. The zero-order valence-corrected chi connectivity index (χ0v) is 25.8. The molecule has 0 aliphatic rings. The minimum atomic E-state index is -1.38. The van der Waals surface area contributed by atoms with Crippen molar-refractivity contribution in [3.8, 4) is 0 Å². The summed E-state index contributed by atoms with van der Waals surface area (Å²) in [5.41, 5.74) is 5.79. The average molecular weight is 635 g/mol. The third kappa shape index (κ3) is 9.91. The highest BCUT2D eigenvalue weighted by Gasteiger charge is 2.35. The molecule has 2 rings (SSSR count). The number of amides is 2. The maximum Gasteiger partial charge on any atom is 0.340 e. The molecule has 2 amide bonds. The fraction of sp³-hybridized carbons (Fsp3) is 0.483. The first-order chi connectivity index (χ1) is 20.7. The van der Waals surface area contributed by atoms with Crippen LogP contribution in [0.5, 0.6) is 0 Å². The molecular formula is C29H38N4O10S. The lowest BCUT2D eigenvalue weighted by Gasteiger charge is -2.25. The van der Waals surface area contributed by atoms with Gasteiger partial charge in [0.05, 0.1) is 16.7 Å². The minimum absolute atomic E-state index is 0.00283. The van der Waals surface area contributed by atoms with Gasteiger partial charge in [0.25, 0.3) is 0 Å². The number of hydrogen-bond acceptors (Lipinski definition) is 11. The maximum absolute atomic E-state index is 13.3. The van der Waals surface area contributed by atoms with Gasteiger partial charge >= 0.3 is 17.6 Å². The van der Waals surface area contributed by atoms with Crippen LogP contribution in [0.25, 0.3) is 11.0 Å². The fourth-order valence-electron chi connectivity index (χ4n) is 4.52. The topological polar surface area (TPSA) is 226 Å². The Morgan fingerprint density at radius 3 is 2.20 bits per heavy atom. The first-order valence-corrected chi connectivity index (χ1v) is 15.0. The van der Waals surface area contributed by atoms with E-state index in [0.29, 0.717) is 11.0 Å². The molecular weight excluding hydrogens is 596 g/mol. The van der Waals surface area contributed by atoms with E-state index >= 15 is 0 Å². The standard InChI is InChI=1S/C29H38N4O10S/c1-5-33(6-2)18-8-7-17-11-19(29(42)43-22(17)12-18)26(25(15(3)34)16(4)35)44-14-21(27(39)31-13-24(37)38)32-23(36)10-9-20(30)28(40)41/h7-8,11-12,20-21,25-26H,5-6,9-10,13-14,30H2,1-4H3,(H,31,39)(H,32,36)(H,37,38)(H,40,41)/t20-,21-,26?/m0/s1. The number of thioether (sulfide) groups is 1. The summed E-state index contributed by atoms with van der Waals surface area (Å²) < 4.78 is 5.63. The van der Waals surface area contributed by atoms with Crippen LogP contribution in [0.2, 0.25) is 0 Å². The molecule has 240 valence electrons. The van der Waals surface area contributed by atoms with Crippen LogP contribution < -0.4 is 26.9 Å². The SMILES string of the molecule is CCN(CC)c1ccc2cc(C(SC[C@H](NC(=O)CC[C@H](N)C(=O)O)C(=O)NCC(=O)O)C(C(C)=O)C(C)=O)c(=O)oc2c1. The lowest BCUT2D eigenvalue weighted by molar-refractivity contribution is -0.139. The highest BCUT2D eigenvalue weighted by atomic mass is 32.2. The lowest BCUT2D eigenvalue weighted by atomic mass is 9.92. The second-order valence-electron chi connectivity index (χ2n) is 10.1. The van der Waals surface area contributed by atoms with Crippen molar-refractivity contribution in [3.05, 3.63) is 40.2 Å². The van der Waals surface area contributed by atoms with Crippen LogP contribution in [0.3, 0.4) is 0 Å². The molecule has 3 atom stereocenters. The van der Waals surface area contributed by atoms with E-state index in [4.69, 9.17) is 20.4 Å². The number of carbonyl (C=O) groups excluding carboxylic acids is 4. The summed E-state index contributed by atoms with van der Waals surface area (Å²) in [6.07, 6.45) is -0.581. The zero-order valence-electron chi connectivity index (χ0n) is 25.0. The number of nitrogens with one attached hydrogen (secondary N) is 2. The number of carboxylic acids is 2. The Balaban J connectivity index is 2.48. The highest BCUT2D eigenvalue weighted by molar-refractivity contribution is 7.99. The van der Waals surface area contributed by atoms with Crippen molar-refractivity contribution in [1.29, 1.82) is 0 Å². The molecule has 0 aliphatic carbocycles. The molecule has 6 N–H and O–H groups in total. The number of nitrogens with zero attached hydrogens (tertiary/aromatic N) is 1. The predicted molar refractivity (Wildman–Crippen MR) is 164 cm³/mol. The monoisotopic (exact) mass is 634 g/mol. The van der Waals surface area contributed by atoms with E-state index in [2.05, 4.69) is 15.5 Å². The van der Waals surface area contributed by atoms with E-state index in [1.54, 1.807) is 12.1 Å². The molecule has 0 saturated heterocycles. The number of ketones is 2. The number of nitrogens with two attached hydrogens (primary N) is 1. The minimum Gasteiger partial charge on any atom is -0.480 e. The number of anilines is 1. The van der Waals surface area contributed by atoms with Crippen LogP contribution in [-0.2, 0) is 28.8 Å². The van der Waals surface area contributed by atoms with Gasteiger partial charge in [-0.15, -0.1) is 11.8 Å². The van der Waals surface area contributed by atoms with Crippen molar-refractivity contribution in [3.63, 3.8) is 0 Å². The van der Waals surface area contributed by atoms with Gasteiger partial charge in [-0.3, -0.25) is 28.8 Å². The van der Waals surface area contributed by atoms with Crippen molar-refractivity contribution < 1.29 is 43.4 Å². The molecule has 0 bridgehead atoms. The zero-order chi connectivity index (χ0) is 33.1. The largest absolute Gasteiger partial charge is 0.480 e. The van der Waals surface area contributed by atoms with Crippen LogP contribution in [0, 0.1) is 5.92 Å². The number of rotatable bonds is 18. The normalized spacial score (nSPS) is 13.1. The number of fused-ring (bicyclic) bond motifs is 1. The molecule has 1 unspecified atom stereocenters. The molecule has 0 spiro atoms. The van der Waals surface area contributed by atoms with E-state index in [0.717, 1.165) is 30.5 Å². The molecule has 14 nitrogen and oxygen atoms in total. The molecule has 0 saturated carbocycles. The number of hydrogen-bond donors (Lipinski definition) is 5. The van der Waals surface area contributed by atoms with Crippen molar-refractivity contribution in [2.75, 3.05) is 30.3 Å². The Morgan fingerprint density at radius 2 is 1.66 bits per heavy atom. The molecule has 15 heteroatoms. The van der Waals surface area contributed by atoms with Crippen molar-refractivity contribution in [2.24, 2.45) is 11.7 Å². The summed E-state index contributed by atoms with van der Waals surface area (Å²) in [4.78, 5) is 88.1. The summed E-state index contributed by atoms with van der Waals surface area (Å²) in [6.45, 7) is 7.07. The molecule has 1 aromatic heterocycles. The van der Waals surface area contributed by atoms with E-state index in [9.17, 15) is 33.6 Å². The number of carbonyl (C=O) groups is 6. The van der Waals surface area contributed by atoms with Gasteiger partial charge in [0.15, 0.2) is 0 Å². The van der Waals surface area contributed by atoms with Crippen molar-refractivity contribution in [1.82, 2.24) is 10.6 Å². The lowest BCUT2D eigenvalue weighted by Crippen LogP contribution is -2.49. The van der Waals surface area contributed by atoms with Crippen molar-refractivity contribution >= 4 is 63.7 Å². The molecule has 0 aliphatic heterocycles. The van der Waals surface area contributed by atoms with E-state index < -0.39 is 70.7 Å². The Morgan fingerprint density at radius 1 is 1.02 bits per heavy atom. The Bertz CT molecular complexity index is 1440. The maximum atomic E-state index is 13.3. The molecule has 44 heavy (non-hydrogen) atoms. The van der Waals surface area contributed by atoms with E-state index in [1.807, 2.05) is 19.9 Å². The van der Waals surface area contributed by atoms with Crippen LogP contribution >= 0.6 is 11.8 Å². The fourth-order valence-corrected chi connectivity index (χ4v) is 6.08. The summed E-state index contributed by atoms with van der Waals surface area (Å²) in [5.74, 6) is -6.94. The molecule has 0 radical (unpaired) electrons. The molecule has 1 heterocycles. The highest BCUT2D eigenvalue weighted by Crippen LogP contribution is 2.37. The number of aliphatic carboxylic acids is 2. The second kappa shape index (κ2) is 16.6. The smallest absolute Gasteiger partial charge is 0.340 e. The van der Waals surface area contributed by atoms with Crippen molar-refractivity contribution in [2.45, 2.75) is 57.9 Å².